The number of hydrogen-bond acceptors (Lipinski definition) is 2. The van der Waals surface area contributed by atoms with Gasteiger partial charge in [-0.05, 0) is 11.6 Å². The zero-order valence-electron chi connectivity index (χ0n) is 9.06. The molecule has 2 rings (SSSR count). The van der Waals surface area contributed by atoms with Crippen LogP contribution in [0.3, 0.4) is 0 Å². The van der Waals surface area contributed by atoms with Crippen molar-refractivity contribution in [3.8, 4) is 0 Å². The number of pyridine rings is 1. The summed E-state index contributed by atoms with van der Waals surface area (Å²) in [5, 5.41) is 2.71. The quantitative estimate of drug-likeness (QED) is 0.821. The topological polar surface area (TPSA) is 42.0 Å². The molecular weight excluding hydrogens is 219 g/mol. The molecule has 0 saturated heterocycles. The Bertz CT molecular complexity index is 514. The van der Waals surface area contributed by atoms with Gasteiger partial charge < -0.3 is 5.32 Å². The Labute approximate surface area is 98.3 Å². The van der Waals surface area contributed by atoms with Crippen molar-refractivity contribution in [2.75, 3.05) is 0 Å². The summed E-state index contributed by atoms with van der Waals surface area (Å²) < 4.78 is 12.8. The molecule has 0 aliphatic carbocycles. The fourth-order valence-corrected chi connectivity index (χ4v) is 1.42. The SMILES string of the molecule is O=C(NCc1ccccc1)c1ccnc(F)c1. The Kier molecular flexibility index (Phi) is 3.45. The molecule has 0 radical (unpaired) electrons. The lowest BCUT2D eigenvalue weighted by Gasteiger charge is -2.04. The normalized spacial score (nSPS) is 9.94. The van der Waals surface area contributed by atoms with Crippen LogP contribution in [0.5, 0.6) is 0 Å². The van der Waals surface area contributed by atoms with Gasteiger partial charge in [0, 0.05) is 24.4 Å². The molecule has 0 bridgehead atoms. The van der Waals surface area contributed by atoms with Crippen molar-refractivity contribution >= 4 is 5.91 Å². The van der Waals surface area contributed by atoms with Gasteiger partial charge in [0.25, 0.3) is 5.91 Å². The standard InChI is InChI=1S/C13H11FN2O/c14-12-8-11(6-7-15-12)13(17)16-9-10-4-2-1-3-5-10/h1-8H,9H2,(H,16,17). The largest absolute Gasteiger partial charge is 0.348 e. The van der Waals surface area contributed by atoms with Crippen LogP contribution in [0.15, 0.2) is 48.7 Å². The van der Waals surface area contributed by atoms with E-state index in [0.717, 1.165) is 11.6 Å². The smallest absolute Gasteiger partial charge is 0.251 e. The first-order chi connectivity index (χ1) is 8.25. The molecule has 1 heterocycles. The van der Waals surface area contributed by atoms with Crippen LogP contribution in [0.1, 0.15) is 15.9 Å². The van der Waals surface area contributed by atoms with Crippen LogP contribution in [0.2, 0.25) is 0 Å². The lowest BCUT2D eigenvalue weighted by molar-refractivity contribution is 0.0950. The van der Waals surface area contributed by atoms with Gasteiger partial charge in [-0.2, -0.15) is 4.39 Å². The van der Waals surface area contributed by atoms with Gasteiger partial charge >= 0.3 is 0 Å². The number of aromatic nitrogens is 1. The third kappa shape index (κ3) is 3.11. The zero-order chi connectivity index (χ0) is 12.1. The summed E-state index contributed by atoms with van der Waals surface area (Å²) in [6.45, 7) is 0.420. The number of halogens is 1. The van der Waals surface area contributed by atoms with Crippen LogP contribution in [-0.4, -0.2) is 10.9 Å². The van der Waals surface area contributed by atoms with Crippen LogP contribution in [-0.2, 0) is 6.54 Å². The van der Waals surface area contributed by atoms with E-state index in [4.69, 9.17) is 0 Å². The van der Waals surface area contributed by atoms with Crippen molar-refractivity contribution in [2.45, 2.75) is 6.54 Å². The molecule has 0 aliphatic heterocycles. The van der Waals surface area contributed by atoms with Gasteiger partial charge in [0.05, 0.1) is 0 Å². The first-order valence-electron chi connectivity index (χ1n) is 5.19. The van der Waals surface area contributed by atoms with E-state index in [2.05, 4.69) is 10.3 Å². The summed E-state index contributed by atoms with van der Waals surface area (Å²) >= 11 is 0. The minimum atomic E-state index is -0.655. The van der Waals surface area contributed by atoms with E-state index >= 15 is 0 Å². The van der Waals surface area contributed by atoms with Gasteiger partial charge in [0.1, 0.15) is 0 Å². The van der Waals surface area contributed by atoms with Crippen molar-refractivity contribution in [1.29, 1.82) is 0 Å². The predicted molar refractivity (Wildman–Crippen MR) is 61.8 cm³/mol. The number of amides is 1. The van der Waals surface area contributed by atoms with E-state index in [1.807, 2.05) is 30.3 Å². The van der Waals surface area contributed by atoms with Crippen LogP contribution in [0, 0.1) is 5.95 Å². The summed E-state index contributed by atoms with van der Waals surface area (Å²) in [5.74, 6) is -0.965. The third-order valence-electron chi connectivity index (χ3n) is 2.28. The average molecular weight is 230 g/mol. The van der Waals surface area contributed by atoms with Gasteiger partial charge in [0.15, 0.2) is 0 Å². The Morgan fingerprint density at radius 3 is 2.71 bits per heavy atom. The maximum absolute atomic E-state index is 12.8. The fourth-order valence-electron chi connectivity index (χ4n) is 1.42. The molecule has 2 aromatic rings. The van der Waals surface area contributed by atoms with Crippen LogP contribution < -0.4 is 5.32 Å². The first-order valence-corrected chi connectivity index (χ1v) is 5.19. The van der Waals surface area contributed by atoms with Crippen LogP contribution >= 0.6 is 0 Å². The maximum atomic E-state index is 12.8. The van der Waals surface area contributed by atoms with E-state index in [9.17, 15) is 9.18 Å². The van der Waals surface area contributed by atoms with Gasteiger partial charge in [-0.3, -0.25) is 4.79 Å². The second-order valence-corrected chi connectivity index (χ2v) is 3.54. The average Bonchev–Trinajstić information content (AvgIpc) is 2.37. The number of carbonyl (C=O) groups excluding carboxylic acids is 1. The maximum Gasteiger partial charge on any atom is 0.251 e. The van der Waals surface area contributed by atoms with Gasteiger partial charge in [-0.25, -0.2) is 4.98 Å². The molecule has 0 fully saturated rings. The van der Waals surface area contributed by atoms with Gasteiger partial charge in [-0.1, -0.05) is 30.3 Å². The zero-order valence-corrected chi connectivity index (χ0v) is 9.06. The molecule has 0 atom stereocenters. The molecule has 0 aliphatic rings. The first kappa shape index (κ1) is 11.3. The molecule has 17 heavy (non-hydrogen) atoms. The van der Waals surface area contributed by atoms with E-state index in [1.54, 1.807) is 0 Å². The molecule has 0 unspecified atom stereocenters. The molecule has 0 saturated carbocycles. The Morgan fingerprint density at radius 1 is 1.24 bits per heavy atom. The third-order valence-corrected chi connectivity index (χ3v) is 2.28. The van der Waals surface area contributed by atoms with Crippen molar-refractivity contribution < 1.29 is 9.18 Å². The van der Waals surface area contributed by atoms with Crippen LogP contribution in [0.25, 0.3) is 0 Å². The second kappa shape index (κ2) is 5.21. The molecule has 1 amide bonds. The number of benzene rings is 1. The molecule has 3 nitrogen and oxygen atoms in total. The molecule has 86 valence electrons. The van der Waals surface area contributed by atoms with Crippen molar-refractivity contribution in [2.24, 2.45) is 0 Å². The Hall–Kier alpha value is -2.23. The van der Waals surface area contributed by atoms with E-state index in [-0.39, 0.29) is 11.5 Å². The lowest BCUT2D eigenvalue weighted by Crippen LogP contribution is -2.22. The summed E-state index contributed by atoms with van der Waals surface area (Å²) in [7, 11) is 0. The number of carbonyl (C=O) groups is 1. The number of hydrogen-bond donors (Lipinski definition) is 1. The minimum absolute atomic E-state index is 0.272. The minimum Gasteiger partial charge on any atom is -0.348 e. The van der Waals surface area contributed by atoms with E-state index in [0.29, 0.717) is 6.54 Å². The summed E-state index contributed by atoms with van der Waals surface area (Å²) in [4.78, 5) is 15.1. The van der Waals surface area contributed by atoms with Crippen LogP contribution in [0.4, 0.5) is 4.39 Å². The second-order valence-electron chi connectivity index (χ2n) is 3.54. The highest BCUT2D eigenvalue weighted by atomic mass is 19.1. The highest BCUT2D eigenvalue weighted by Crippen LogP contribution is 2.02. The number of nitrogens with one attached hydrogen (secondary N) is 1. The lowest BCUT2D eigenvalue weighted by atomic mass is 10.2. The number of nitrogens with zero attached hydrogens (tertiary/aromatic N) is 1. The fraction of sp³-hybridized carbons (Fsp3) is 0.0769. The molecule has 0 spiro atoms. The molecule has 1 N–H and O–H groups in total. The van der Waals surface area contributed by atoms with E-state index < -0.39 is 5.95 Å². The Balaban J connectivity index is 1.98. The summed E-state index contributed by atoms with van der Waals surface area (Å²) in [6.07, 6.45) is 1.27. The van der Waals surface area contributed by atoms with Crippen molar-refractivity contribution in [1.82, 2.24) is 10.3 Å². The van der Waals surface area contributed by atoms with Crippen molar-refractivity contribution in [3.05, 3.63) is 65.7 Å². The van der Waals surface area contributed by atoms with Gasteiger partial charge in [0.2, 0.25) is 5.95 Å². The molecule has 1 aromatic carbocycles. The molecule has 1 aromatic heterocycles. The van der Waals surface area contributed by atoms with Gasteiger partial charge in [-0.15, -0.1) is 0 Å². The summed E-state index contributed by atoms with van der Waals surface area (Å²) in [5.41, 5.74) is 1.27. The molecule has 4 heteroatoms. The van der Waals surface area contributed by atoms with Crippen molar-refractivity contribution in [3.63, 3.8) is 0 Å². The highest BCUT2D eigenvalue weighted by molar-refractivity contribution is 5.93. The van der Waals surface area contributed by atoms with E-state index in [1.165, 1.54) is 12.3 Å². The summed E-state index contributed by atoms with van der Waals surface area (Å²) in [6, 6.07) is 12.1. The monoisotopic (exact) mass is 230 g/mol. The number of rotatable bonds is 3. The molecular formula is C13H11FN2O. The Morgan fingerprint density at radius 2 is 2.00 bits per heavy atom. The highest BCUT2D eigenvalue weighted by Gasteiger charge is 2.06. The predicted octanol–water partition coefficient (Wildman–Crippen LogP) is 2.15.